The van der Waals surface area contributed by atoms with Crippen molar-refractivity contribution < 1.29 is 36.7 Å². The Balaban J connectivity index is 1.45. The van der Waals surface area contributed by atoms with E-state index in [1.807, 2.05) is 0 Å². The maximum absolute atomic E-state index is 14.1. The summed E-state index contributed by atoms with van der Waals surface area (Å²) >= 11 is 0. The maximum atomic E-state index is 14.1. The van der Waals surface area contributed by atoms with Gasteiger partial charge >= 0.3 is 14.0 Å². The Morgan fingerprint density at radius 2 is 1.87 bits per heavy atom. The first-order valence-electron chi connectivity index (χ1n) is 14.5. The molecule has 5 aliphatic heterocycles. The number of aromatic nitrogens is 5. The van der Waals surface area contributed by atoms with Crippen LogP contribution in [0.4, 0.5) is 36.3 Å². The molecule has 246 valence electrons. The highest BCUT2D eigenvalue weighted by atomic mass is 31.1. The number of methoxy groups -OCH3 is 1. The van der Waals surface area contributed by atoms with Gasteiger partial charge in [-0.15, -0.1) is 0 Å². The van der Waals surface area contributed by atoms with Crippen molar-refractivity contribution in [2.45, 2.75) is 25.8 Å². The Bertz CT molecular complexity index is 1850. The summed E-state index contributed by atoms with van der Waals surface area (Å²) in [6.07, 6.45) is -2.13. The first-order valence-corrected chi connectivity index (χ1v) is 16.1. The largest absolute Gasteiger partial charge is 0.495 e. The van der Waals surface area contributed by atoms with Crippen LogP contribution in [0.5, 0.6) is 5.75 Å². The van der Waals surface area contributed by atoms with E-state index in [0.29, 0.717) is 66.5 Å². The van der Waals surface area contributed by atoms with Gasteiger partial charge in [-0.05, 0) is 31.2 Å². The average Bonchev–Trinajstić information content (AvgIpc) is 3.38. The zero-order valence-corrected chi connectivity index (χ0v) is 26.5. The molecule has 17 heteroatoms. The Morgan fingerprint density at radius 3 is 2.57 bits per heavy atom. The van der Waals surface area contributed by atoms with Gasteiger partial charge in [-0.25, -0.2) is 9.97 Å². The summed E-state index contributed by atoms with van der Waals surface area (Å²) in [5.41, 5.74) is 1.03. The van der Waals surface area contributed by atoms with Crippen LogP contribution in [0.3, 0.4) is 0 Å². The Kier molecular flexibility index (Phi) is 8.83. The van der Waals surface area contributed by atoms with E-state index >= 15 is 0 Å². The molecule has 1 atom stereocenters. The molecule has 1 aromatic carbocycles. The number of benzene rings is 1. The van der Waals surface area contributed by atoms with Gasteiger partial charge in [0, 0.05) is 30.6 Å². The van der Waals surface area contributed by atoms with Gasteiger partial charge in [-0.2, -0.15) is 23.3 Å². The van der Waals surface area contributed by atoms with Gasteiger partial charge in [0.25, 0.3) is 5.91 Å². The van der Waals surface area contributed by atoms with Gasteiger partial charge in [0.2, 0.25) is 12.3 Å². The second kappa shape index (κ2) is 12.9. The number of carbonyl (C=O) groups is 1. The lowest BCUT2D eigenvalue weighted by Crippen LogP contribution is -2.49. The van der Waals surface area contributed by atoms with Crippen molar-refractivity contribution in [1.82, 2.24) is 30.0 Å². The minimum Gasteiger partial charge on any atom is -0.495 e. The number of nitrogens with one attached hydrogen (secondary N) is 3. The summed E-state index contributed by atoms with van der Waals surface area (Å²) in [6.45, 7) is 3.43. The molecular formula is C30H31F3N8O5P+. The van der Waals surface area contributed by atoms with Crippen molar-refractivity contribution >= 4 is 36.8 Å². The van der Waals surface area contributed by atoms with Crippen molar-refractivity contribution in [2.75, 3.05) is 51.0 Å². The van der Waals surface area contributed by atoms with Crippen LogP contribution >= 0.6 is 7.80 Å². The molecule has 8 heterocycles. The molecule has 1 amide bonds. The summed E-state index contributed by atoms with van der Waals surface area (Å²) in [4.78, 5) is 25.5. The van der Waals surface area contributed by atoms with Crippen LogP contribution in [-0.2, 0) is 32.9 Å². The van der Waals surface area contributed by atoms with E-state index in [0.717, 1.165) is 0 Å². The van der Waals surface area contributed by atoms with E-state index in [4.69, 9.17) is 14.2 Å². The topological polar surface area (TPSA) is 154 Å². The zero-order valence-electron chi connectivity index (χ0n) is 25.6. The van der Waals surface area contributed by atoms with Crippen LogP contribution in [-0.4, -0.2) is 71.0 Å². The molecule has 1 unspecified atom stereocenters. The molecule has 8 bridgehead atoms. The molecule has 4 aromatic rings. The van der Waals surface area contributed by atoms with Crippen LogP contribution in [0, 0.1) is 12.3 Å². The third-order valence-electron chi connectivity index (χ3n) is 7.74. The molecule has 1 spiro atoms. The number of hydrogen-bond donors (Lipinski definition) is 3. The number of anilines is 4. The van der Waals surface area contributed by atoms with Crippen LogP contribution in [0.2, 0.25) is 0 Å². The van der Waals surface area contributed by atoms with Crippen LogP contribution < -0.4 is 20.7 Å². The van der Waals surface area contributed by atoms with Gasteiger partial charge in [0.05, 0.1) is 61.7 Å². The lowest BCUT2D eigenvalue weighted by atomic mass is 9.87. The second-order valence-electron chi connectivity index (χ2n) is 11.3. The van der Waals surface area contributed by atoms with E-state index in [2.05, 4.69) is 36.0 Å². The molecule has 13 nitrogen and oxygen atoms in total. The number of amides is 1. The van der Waals surface area contributed by atoms with E-state index < -0.39 is 31.3 Å². The van der Waals surface area contributed by atoms with Crippen LogP contribution in [0.1, 0.15) is 27.3 Å². The third-order valence-corrected chi connectivity index (χ3v) is 8.92. The van der Waals surface area contributed by atoms with Crippen molar-refractivity contribution in [1.29, 1.82) is 0 Å². The normalized spacial score (nSPS) is 17.0. The maximum Gasteiger partial charge on any atom is 0.421 e. The molecular weight excluding hydrogens is 640 g/mol. The van der Waals surface area contributed by atoms with Gasteiger partial charge in [0.15, 0.2) is 11.9 Å². The standard InChI is InChI=1S/C30H30F3N8O5P/c1-17-19-10-41(40-17)12-29(13-45-14-29)15-46-16-47(43)11-18-4-5-22(24(8-18)44-3)38-28-35-9-20(30(31,32)33)26(39-28)37-23-7-6-21(19)36-25(23)27(42)34-2/h4-10H,11-16H2,1-3H3,(H2-,34,35,37,38,39,42)/p+1. The van der Waals surface area contributed by atoms with Crippen molar-refractivity contribution in [2.24, 2.45) is 5.41 Å². The molecule has 0 saturated carbocycles. The number of alkyl halides is 3. The number of ether oxygens (including phenoxy) is 3. The predicted octanol–water partition coefficient (Wildman–Crippen LogP) is 5.25. The molecule has 3 aromatic heterocycles. The molecule has 0 radical (unpaired) electrons. The fraction of sp³-hybridized carbons (Fsp3) is 0.367. The highest BCUT2D eigenvalue weighted by molar-refractivity contribution is 7.43. The van der Waals surface area contributed by atoms with Gasteiger partial charge in [-0.1, -0.05) is 10.6 Å². The van der Waals surface area contributed by atoms with E-state index in [9.17, 15) is 22.5 Å². The minimum atomic E-state index is -4.82. The number of hydrogen-bond acceptors (Lipinski definition) is 11. The number of halogens is 3. The fourth-order valence-corrected chi connectivity index (χ4v) is 6.34. The van der Waals surface area contributed by atoms with Gasteiger partial charge < -0.3 is 30.2 Å². The van der Waals surface area contributed by atoms with E-state index in [1.54, 1.807) is 42.1 Å². The highest BCUT2D eigenvalue weighted by Gasteiger charge is 2.41. The smallest absolute Gasteiger partial charge is 0.421 e. The molecule has 1 fully saturated rings. The molecule has 9 rings (SSSR count). The van der Waals surface area contributed by atoms with Crippen LogP contribution in [0.25, 0.3) is 11.3 Å². The van der Waals surface area contributed by atoms with Crippen molar-refractivity contribution in [3.8, 4) is 17.0 Å². The first-order chi connectivity index (χ1) is 22.5. The SMILES string of the molecule is CNC(=O)c1nc2ccc1Nc1nc(ncc1C(F)(F)F)Nc1ccc(cc1OC)C[P+](=O)COCC1(COC1)Cn1cc-2c(C)n1. The zero-order chi connectivity index (χ0) is 33.3. The molecule has 3 N–H and O–H groups in total. The lowest BCUT2D eigenvalue weighted by molar-refractivity contribution is -0.153. The fourth-order valence-electron chi connectivity index (χ4n) is 5.35. The second-order valence-corrected chi connectivity index (χ2v) is 12.9. The monoisotopic (exact) mass is 671 g/mol. The Morgan fingerprint density at radius 1 is 1.11 bits per heavy atom. The molecule has 5 aliphatic rings. The predicted molar refractivity (Wildman–Crippen MR) is 166 cm³/mol. The summed E-state index contributed by atoms with van der Waals surface area (Å²) in [6, 6.07) is 8.08. The number of nitrogens with zero attached hydrogens (tertiary/aromatic N) is 5. The summed E-state index contributed by atoms with van der Waals surface area (Å²) in [5.74, 6) is -1.06. The van der Waals surface area contributed by atoms with Crippen molar-refractivity contribution in [3.63, 3.8) is 0 Å². The first kappa shape index (κ1) is 32.3. The third kappa shape index (κ3) is 6.89. The average molecular weight is 672 g/mol. The summed E-state index contributed by atoms with van der Waals surface area (Å²) in [7, 11) is 1.05. The summed E-state index contributed by atoms with van der Waals surface area (Å²) < 4.78 is 74.0. The number of aryl methyl sites for hydroxylation is 1. The van der Waals surface area contributed by atoms with Gasteiger partial charge in [-0.3, -0.25) is 9.48 Å². The highest BCUT2D eigenvalue weighted by Crippen LogP contribution is 2.38. The number of carbonyl (C=O) groups excluding carboxylic acids is 1. The van der Waals surface area contributed by atoms with Crippen LogP contribution in [0.15, 0.2) is 42.7 Å². The molecule has 1 saturated heterocycles. The molecule has 47 heavy (non-hydrogen) atoms. The van der Waals surface area contributed by atoms with E-state index in [1.165, 1.54) is 20.2 Å². The Labute approximate surface area is 268 Å². The quantitative estimate of drug-likeness (QED) is 0.240. The molecule has 0 aliphatic carbocycles. The Hall–Kier alpha value is -4.66. The summed E-state index contributed by atoms with van der Waals surface area (Å²) in [5, 5.41) is 12.7. The van der Waals surface area contributed by atoms with Gasteiger partial charge in [0.1, 0.15) is 17.1 Å². The number of pyridine rings is 1. The van der Waals surface area contributed by atoms with E-state index in [-0.39, 0.29) is 35.3 Å². The number of rotatable bonds is 2. The minimum absolute atomic E-state index is 0.00884. The lowest BCUT2D eigenvalue weighted by Gasteiger charge is -2.40. The van der Waals surface area contributed by atoms with Crippen molar-refractivity contribution in [3.05, 3.63) is 65.2 Å².